The van der Waals surface area contributed by atoms with Crippen LogP contribution in [0.1, 0.15) is 52.4 Å². The third kappa shape index (κ3) is 1.60. The lowest BCUT2D eigenvalue weighted by Crippen LogP contribution is -2.53. The molecule has 5 atom stereocenters. The number of hydrogen-bond donors (Lipinski definition) is 0. The maximum absolute atomic E-state index is 16.0. The molecule has 0 bridgehead atoms. The molecule has 118 valence electrons. The normalized spacial score (nSPS) is 47.3. The first-order valence-electron chi connectivity index (χ1n) is 8.53. The van der Waals surface area contributed by atoms with Crippen LogP contribution < -0.4 is 0 Å². The summed E-state index contributed by atoms with van der Waals surface area (Å²) in [7, 11) is 0. The molecule has 0 spiro atoms. The van der Waals surface area contributed by atoms with Crippen molar-refractivity contribution in [3.63, 3.8) is 0 Å². The molecule has 3 saturated carbocycles. The van der Waals surface area contributed by atoms with Crippen molar-refractivity contribution in [2.75, 3.05) is 0 Å². The fourth-order valence-corrected chi connectivity index (χ4v) is 5.95. The van der Waals surface area contributed by atoms with E-state index in [-0.39, 0.29) is 23.0 Å². The van der Waals surface area contributed by atoms with Crippen LogP contribution in [0.2, 0.25) is 0 Å². The van der Waals surface area contributed by atoms with E-state index in [2.05, 4.69) is 6.92 Å². The standard InChI is InChI=1S/C19H23FO2/c1-11-9-13(21)10-12-3-4-14-15-5-6-17(22)18(15,2)8-7-16(14)19(11,12)20/h9-10,14-16H,3-8H2,1-2H3/t14-,15-,16-,18-,19+/m0/s1. The van der Waals surface area contributed by atoms with Gasteiger partial charge in [0.1, 0.15) is 5.78 Å². The summed E-state index contributed by atoms with van der Waals surface area (Å²) in [6, 6.07) is 0. The van der Waals surface area contributed by atoms with Crippen LogP contribution in [0.25, 0.3) is 0 Å². The van der Waals surface area contributed by atoms with Crippen molar-refractivity contribution in [3.8, 4) is 0 Å². The van der Waals surface area contributed by atoms with Gasteiger partial charge in [-0.15, -0.1) is 0 Å². The van der Waals surface area contributed by atoms with Gasteiger partial charge in [-0.3, -0.25) is 9.59 Å². The molecule has 3 fully saturated rings. The van der Waals surface area contributed by atoms with Crippen molar-refractivity contribution in [1.82, 2.24) is 0 Å². The second-order valence-electron chi connectivity index (χ2n) is 7.94. The maximum Gasteiger partial charge on any atom is 0.178 e. The zero-order valence-corrected chi connectivity index (χ0v) is 13.3. The zero-order valence-electron chi connectivity index (χ0n) is 13.3. The fraction of sp³-hybridized carbons (Fsp3) is 0.684. The number of carbonyl (C=O) groups is 2. The Labute approximate surface area is 130 Å². The maximum atomic E-state index is 16.0. The lowest BCUT2D eigenvalue weighted by molar-refractivity contribution is -0.132. The van der Waals surface area contributed by atoms with E-state index in [9.17, 15) is 9.59 Å². The van der Waals surface area contributed by atoms with Crippen molar-refractivity contribution in [1.29, 1.82) is 0 Å². The van der Waals surface area contributed by atoms with Crippen molar-refractivity contribution in [2.24, 2.45) is 23.2 Å². The summed E-state index contributed by atoms with van der Waals surface area (Å²) < 4.78 is 16.0. The SMILES string of the molecule is CC1=CC(=O)C=C2CC[C@@H]3[C@H](CC[C@]4(C)C(=O)CC[C@@H]34)[C@@]12F. The number of allylic oxidation sites excluding steroid dienone is 4. The fourth-order valence-electron chi connectivity index (χ4n) is 5.95. The third-order valence-electron chi connectivity index (χ3n) is 7.12. The Morgan fingerprint density at radius 3 is 2.64 bits per heavy atom. The van der Waals surface area contributed by atoms with Gasteiger partial charge in [0.05, 0.1) is 0 Å². The summed E-state index contributed by atoms with van der Waals surface area (Å²) >= 11 is 0. The first-order chi connectivity index (χ1) is 10.4. The van der Waals surface area contributed by atoms with E-state index in [0.29, 0.717) is 35.7 Å². The highest BCUT2D eigenvalue weighted by Crippen LogP contribution is 2.63. The molecule has 0 aromatic rings. The third-order valence-corrected chi connectivity index (χ3v) is 7.12. The van der Waals surface area contributed by atoms with Crippen LogP contribution in [0.5, 0.6) is 0 Å². The van der Waals surface area contributed by atoms with Gasteiger partial charge >= 0.3 is 0 Å². The minimum Gasteiger partial charge on any atom is -0.299 e. The highest BCUT2D eigenvalue weighted by Gasteiger charge is 2.61. The van der Waals surface area contributed by atoms with Crippen LogP contribution in [0.4, 0.5) is 4.39 Å². The van der Waals surface area contributed by atoms with Crippen LogP contribution in [-0.2, 0) is 9.59 Å². The molecule has 4 rings (SSSR count). The number of rotatable bonds is 0. The molecular formula is C19H23FO2. The molecule has 0 unspecified atom stereocenters. The van der Waals surface area contributed by atoms with Crippen molar-refractivity contribution < 1.29 is 14.0 Å². The predicted molar refractivity (Wildman–Crippen MR) is 82.0 cm³/mol. The molecule has 0 aromatic carbocycles. The molecule has 0 heterocycles. The second kappa shape index (κ2) is 4.39. The number of ketones is 2. The number of alkyl halides is 1. The van der Waals surface area contributed by atoms with Crippen molar-refractivity contribution in [2.45, 2.75) is 58.0 Å². The minimum atomic E-state index is -1.44. The van der Waals surface area contributed by atoms with E-state index >= 15 is 4.39 Å². The summed E-state index contributed by atoms with van der Waals surface area (Å²) in [6.07, 6.45) is 7.74. The van der Waals surface area contributed by atoms with Crippen LogP contribution >= 0.6 is 0 Å². The average molecular weight is 302 g/mol. The van der Waals surface area contributed by atoms with Gasteiger partial charge in [-0.2, -0.15) is 0 Å². The first kappa shape index (κ1) is 14.3. The second-order valence-corrected chi connectivity index (χ2v) is 7.94. The highest BCUT2D eigenvalue weighted by atomic mass is 19.1. The monoisotopic (exact) mass is 302 g/mol. The molecule has 0 saturated heterocycles. The van der Waals surface area contributed by atoms with Gasteiger partial charge in [-0.25, -0.2) is 4.39 Å². The zero-order chi connectivity index (χ0) is 15.7. The number of halogens is 1. The van der Waals surface area contributed by atoms with Crippen LogP contribution in [-0.4, -0.2) is 17.2 Å². The van der Waals surface area contributed by atoms with Crippen LogP contribution in [0.15, 0.2) is 23.3 Å². The molecule has 0 amide bonds. The highest BCUT2D eigenvalue weighted by molar-refractivity contribution is 6.02. The van der Waals surface area contributed by atoms with Gasteiger partial charge in [0.2, 0.25) is 0 Å². The molecule has 0 aromatic heterocycles. The Morgan fingerprint density at radius 2 is 1.86 bits per heavy atom. The van der Waals surface area contributed by atoms with Crippen molar-refractivity contribution >= 4 is 11.6 Å². The van der Waals surface area contributed by atoms with Crippen LogP contribution in [0.3, 0.4) is 0 Å². The van der Waals surface area contributed by atoms with Gasteiger partial charge in [0, 0.05) is 17.8 Å². The van der Waals surface area contributed by atoms with E-state index in [0.717, 1.165) is 25.7 Å². The lowest BCUT2D eigenvalue weighted by Gasteiger charge is -2.54. The number of hydrogen-bond acceptors (Lipinski definition) is 2. The lowest BCUT2D eigenvalue weighted by atomic mass is 9.51. The van der Waals surface area contributed by atoms with Gasteiger partial charge in [-0.1, -0.05) is 6.92 Å². The Hall–Kier alpha value is -1.25. The summed E-state index contributed by atoms with van der Waals surface area (Å²) in [5, 5.41) is 0. The molecule has 4 aliphatic rings. The number of fused-ring (bicyclic) bond motifs is 5. The van der Waals surface area contributed by atoms with Gasteiger partial charge < -0.3 is 0 Å². The minimum absolute atomic E-state index is 0.0548. The molecule has 0 N–H and O–H groups in total. The predicted octanol–water partition coefficient (Wildman–Crippen LogP) is 3.96. The summed E-state index contributed by atoms with van der Waals surface area (Å²) in [4.78, 5) is 24.1. The van der Waals surface area contributed by atoms with Crippen LogP contribution in [0, 0.1) is 23.2 Å². The smallest absolute Gasteiger partial charge is 0.178 e. The topological polar surface area (TPSA) is 34.1 Å². The van der Waals surface area contributed by atoms with Crippen molar-refractivity contribution in [3.05, 3.63) is 23.3 Å². The Kier molecular flexibility index (Phi) is 2.87. The summed E-state index contributed by atoms with van der Waals surface area (Å²) in [5.41, 5.74) is -0.394. The Bertz CT molecular complexity index is 631. The van der Waals surface area contributed by atoms with E-state index in [4.69, 9.17) is 0 Å². The van der Waals surface area contributed by atoms with Gasteiger partial charge in [-0.05, 0) is 74.2 Å². The molecule has 0 radical (unpaired) electrons. The molecule has 4 aliphatic carbocycles. The van der Waals surface area contributed by atoms with Gasteiger partial charge in [0.15, 0.2) is 11.5 Å². The molecular weight excluding hydrogens is 279 g/mol. The Balaban J connectivity index is 1.75. The molecule has 2 nitrogen and oxygen atoms in total. The summed E-state index contributed by atoms with van der Waals surface area (Å²) in [6.45, 7) is 3.87. The molecule has 22 heavy (non-hydrogen) atoms. The quantitative estimate of drug-likeness (QED) is 0.679. The summed E-state index contributed by atoms with van der Waals surface area (Å²) in [5.74, 6) is 0.871. The van der Waals surface area contributed by atoms with Gasteiger partial charge in [0.25, 0.3) is 0 Å². The number of Topliss-reactive ketones (excluding diaryl/α,β-unsaturated/α-hetero) is 1. The largest absolute Gasteiger partial charge is 0.299 e. The van der Waals surface area contributed by atoms with E-state index in [1.807, 2.05) is 0 Å². The van der Waals surface area contributed by atoms with E-state index in [1.54, 1.807) is 6.92 Å². The first-order valence-corrected chi connectivity index (χ1v) is 8.53. The van der Waals surface area contributed by atoms with E-state index in [1.165, 1.54) is 12.2 Å². The molecule has 3 heteroatoms. The molecule has 0 aliphatic heterocycles. The average Bonchev–Trinajstić information content (AvgIpc) is 2.77. The number of carbonyl (C=O) groups excluding carboxylic acids is 2. The van der Waals surface area contributed by atoms with E-state index < -0.39 is 5.67 Å². The Morgan fingerprint density at radius 1 is 1.09 bits per heavy atom.